The molecule has 0 aromatic heterocycles. The van der Waals surface area contributed by atoms with Crippen molar-refractivity contribution >= 4 is 6.21 Å². The molecule has 1 rings (SSSR count). The molecule has 1 aliphatic rings. The van der Waals surface area contributed by atoms with Crippen LogP contribution in [0.1, 0.15) is 68.2 Å². The van der Waals surface area contributed by atoms with E-state index in [-0.39, 0.29) is 0 Å². The Labute approximate surface area is 122 Å². The summed E-state index contributed by atoms with van der Waals surface area (Å²) in [5.41, 5.74) is 2.78. The van der Waals surface area contributed by atoms with Crippen molar-refractivity contribution in [3.63, 3.8) is 0 Å². The molecule has 0 saturated heterocycles. The van der Waals surface area contributed by atoms with Gasteiger partial charge in [0.15, 0.2) is 0 Å². The first-order valence-corrected chi connectivity index (χ1v) is 7.60. The third-order valence-corrected chi connectivity index (χ3v) is 2.35. The summed E-state index contributed by atoms with van der Waals surface area (Å²) in [6.45, 7) is 20.1. The molecule has 0 spiro atoms. The van der Waals surface area contributed by atoms with E-state index in [2.05, 4.69) is 45.3 Å². The summed E-state index contributed by atoms with van der Waals surface area (Å²) in [6.07, 6.45) is 10.2. The van der Waals surface area contributed by atoms with Gasteiger partial charge in [0.1, 0.15) is 0 Å². The van der Waals surface area contributed by atoms with Crippen LogP contribution in [0.25, 0.3) is 0 Å². The molecule has 1 heteroatoms. The van der Waals surface area contributed by atoms with Gasteiger partial charge in [-0.3, -0.25) is 4.99 Å². The largest absolute Gasteiger partial charge is 0.286 e. The third-order valence-electron chi connectivity index (χ3n) is 2.35. The first-order valence-electron chi connectivity index (χ1n) is 7.60. The van der Waals surface area contributed by atoms with Crippen LogP contribution in [0.4, 0.5) is 0 Å². The zero-order valence-electron chi connectivity index (χ0n) is 14.5. The first-order chi connectivity index (χ1) is 9.11. The highest BCUT2D eigenvalue weighted by Crippen LogP contribution is 2.07. The van der Waals surface area contributed by atoms with Crippen molar-refractivity contribution in [1.82, 2.24) is 0 Å². The maximum absolute atomic E-state index is 4.10. The lowest BCUT2D eigenvalue weighted by Gasteiger charge is -1.95. The van der Waals surface area contributed by atoms with E-state index in [0.29, 0.717) is 6.04 Å². The lowest BCUT2D eigenvalue weighted by Crippen LogP contribution is -1.92. The SMILES string of the molecule is C=C/C=C(/C)CCC.CC.CC.CC1=CC=NC1C. The van der Waals surface area contributed by atoms with Gasteiger partial charge in [0.2, 0.25) is 0 Å². The number of aliphatic imine (C=N–C) groups is 1. The summed E-state index contributed by atoms with van der Waals surface area (Å²) in [7, 11) is 0. The minimum atomic E-state index is 0.444. The van der Waals surface area contributed by atoms with Gasteiger partial charge >= 0.3 is 0 Å². The summed E-state index contributed by atoms with van der Waals surface area (Å²) < 4.78 is 0. The molecule has 1 heterocycles. The van der Waals surface area contributed by atoms with Crippen molar-refractivity contribution < 1.29 is 0 Å². The Morgan fingerprint density at radius 1 is 1.32 bits per heavy atom. The monoisotopic (exact) mass is 265 g/mol. The molecular weight excluding hydrogens is 230 g/mol. The van der Waals surface area contributed by atoms with E-state index in [0.717, 1.165) is 0 Å². The van der Waals surface area contributed by atoms with Crippen molar-refractivity contribution in [2.75, 3.05) is 0 Å². The molecule has 112 valence electrons. The Morgan fingerprint density at radius 2 is 1.84 bits per heavy atom. The van der Waals surface area contributed by atoms with Crippen LogP contribution in [0.5, 0.6) is 0 Å². The van der Waals surface area contributed by atoms with Crippen LogP contribution in [-0.2, 0) is 0 Å². The molecule has 0 aromatic rings. The fraction of sp³-hybridized carbons (Fsp3) is 0.611. The van der Waals surface area contributed by atoms with Crippen LogP contribution >= 0.6 is 0 Å². The number of hydrogen-bond acceptors (Lipinski definition) is 1. The molecule has 0 N–H and O–H groups in total. The van der Waals surface area contributed by atoms with Gasteiger partial charge in [0.05, 0.1) is 6.04 Å². The topological polar surface area (TPSA) is 12.4 Å². The maximum Gasteiger partial charge on any atom is 0.0681 e. The molecule has 0 aliphatic carbocycles. The molecule has 1 aliphatic heterocycles. The maximum atomic E-state index is 4.10. The van der Waals surface area contributed by atoms with Gasteiger partial charge in [0.25, 0.3) is 0 Å². The summed E-state index contributed by atoms with van der Waals surface area (Å²) in [6, 6.07) is 0.444. The molecule has 1 unspecified atom stereocenters. The minimum absolute atomic E-state index is 0.444. The zero-order valence-corrected chi connectivity index (χ0v) is 14.5. The second kappa shape index (κ2) is 19.2. The summed E-state index contributed by atoms with van der Waals surface area (Å²) in [5, 5.41) is 0. The lowest BCUT2D eigenvalue weighted by atomic mass is 10.2. The molecule has 19 heavy (non-hydrogen) atoms. The van der Waals surface area contributed by atoms with Crippen LogP contribution in [0.3, 0.4) is 0 Å². The standard InChI is InChI=1S/C8H14.C6H9N.2C2H6/c1-4-6-8(3)7-5-2;1-5-3-4-7-6(5)2;2*1-2/h4,6H,1,5,7H2,2-3H3;3-4,6H,1-2H3;2*1-2H3/b8-6-;;;. The van der Waals surface area contributed by atoms with Crippen LogP contribution in [0.15, 0.2) is 40.9 Å². The fourth-order valence-corrected chi connectivity index (χ4v) is 1.23. The van der Waals surface area contributed by atoms with Gasteiger partial charge in [0, 0.05) is 6.21 Å². The Balaban J connectivity index is -0.000000214. The molecule has 0 fully saturated rings. The lowest BCUT2D eigenvalue weighted by molar-refractivity contribution is 0.887. The second-order valence-corrected chi connectivity index (χ2v) is 3.88. The van der Waals surface area contributed by atoms with Crippen LogP contribution in [0.2, 0.25) is 0 Å². The van der Waals surface area contributed by atoms with E-state index >= 15 is 0 Å². The molecule has 1 nitrogen and oxygen atoms in total. The van der Waals surface area contributed by atoms with Gasteiger partial charge in [-0.15, -0.1) is 0 Å². The van der Waals surface area contributed by atoms with Gasteiger partial charge in [-0.2, -0.15) is 0 Å². The fourth-order valence-electron chi connectivity index (χ4n) is 1.23. The summed E-state index contributed by atoms with van der Waals surface area (Å²) >= 11 is 0. The predicted molar refractivity (Wildman–Crippen MR) is 93.3 cm³/mol. The normalized spacial score (nSPS) is 15.9. The second-order valence-electron chi connectivity index (χ2n) is 3.88. The molecule has 1 atom stereocenters. The molecule has 0 radical (unpaired) electrons. The van der Waals surface area contributed by atoms with E-state index in [1.54, 1.807) is 0 Å². The van der Waals surface area contributed by atoms with E-state index in [9.17, 15) is 0 Å². The van der Waals surface area contributed by atoms with Gasteiger partial charge in [-0.05, 0) is 38.8 Å². The van der Waals surface area contributed by atoms with Crippen LogP contribution in [0, 0.1) is 0 Å². The third kappa shape index (κ3) is 16.9. The highest BCUT2D eigenvalue weighted by atomic mass is 14.8. The number of nitrogens with zero attached hydrogens (tertiary/aromatic N) is 1. The van der Waals surface area contributed by atoms with Crippen molar-refractivity contribution in [2.24, 2.45) is 4.99 Å². The van der Waals surface area contributed by atoms with E-state index < -0.39 is 0 Å². The quantitative estimate of drug-likeness (QED) is 0.525. The molecule has 0 amide bonds. The first kappa shape index (κ1) is 23.0. The highest BCUT2D eigenvalue weighted by molar-refractivity contribution is 5.75. The summed E-state index contributed by atoms with van der Waals surface area (Å²) in [4.78, 5) is 4.10. The van der Waals surface area contributed by atoms with Crippen molar-refractivity contribution in [3.8, 4) is 0 Å². The minimum Gasteiger partial charge on any atom is -0.286 e. The van der Waals surface area contributed by atoms with Crippen molar-refractivity contribution in [1.29, 1.82) is 0 Å². The average Bonchev–Trinajstić information content (AvgIpc) is 2.80. The molecule has 0 saturated carbocycles. The van der Waals surface area contributed by atoms with Crippen LogP contribution in [-0.4, -0.2) is 12.3 Å². The van der Waals surface area contributed by atoms with E-state index in [4.69, 9.17) is 0 Å². The van der Waals surface area contributed by atoms with Gasteiger partial charge in [-0.25, -0.2) is 0 Å². The highest BCUT2D eigenvalue weighted by Gasteiger charge is 2.02. The van der Waals surface area contributed by atoms with E-state index in [1.807, 2.05) is 46.1 Å². The summed E-state index contributed by atoms with van der Waals surface area (Å²) in [5.74, 6) is 0. The van der Waals surface area contributed by atoms with Crippen LogP contribution < -0.4 is 0 Å². The van der Waals surface area contributed by atoms with Crippen molar-refractivity contribution in [2.45, 2.75) is 74.3 Å². The molecule has 0 aromatic carbocycles. The van der Waals surface area contributed by atoms with Gasteiger partial charge in [-0.1, -0.05) is 65.3 Å². The molecular formula is C18H35N. The average molecular weight is 265 g/mol. The Kier molecular flexibility index (Phi) is 23.3. The number of allylic oxidation sites excluding steroid dienone is 4. The Hall–Kier alpha value is -1.11. The zero-order chi connectivity index (χ0) is 15.7. The molecule has 0 bridgehead atoms. The Bertz CT molecular complexity index is 269. The van der Waals surface area contributed by atoms with Crippen molar-refractivity contribution in [3.05, 3.63) is 36.0 Å². The van der Waals surface area contributed by atoms with E-state index in [1.165, 1.54) is 24.0 Å². The Morgan fingerprint density at radius 3 is 2.05 bits per heavy atom. The van der Waals surface area contributed by atoms with Gasteiger partial charge < -0.3 is 0 Å². The predicted octanol–water partition coefficient (Wildman–Crippen LogP) is 6.38. The number of rotatable bonds is 3. The number of hydrogen-bond donors (Lipinski definition) is 0. The smallest absolute Gasteiger partial charge is 0.0681 e.